The van der Waals surface area contributed by atoms with Crippen LogP contribution in [0.2, 0.25) is 0 Å². The lowest BCUT2D eigenvalue weighted by atomic mass is 10.0. The number of rotatable bonds is 2. The lowest BCUT2D eigenvalue weighted by molar-refractivity contribution is 0.865. The minimum absolute atomic E-state index is 0.633. The standard InChI is InChI=1S/C11H15/c1-4-10-5-7-11(8-6-10)9(2)3/h5-9H,1,4H2,2-3H3. The first kappa shape index (κ1) is 8.32. The van der Waals surface area contributed by atoms with Gasteiger partial charge in [-0.2, -0.15) is 0 Å². The Morgan fingerprint density at radius 3 is 2.09 bits per heavy atom. The van der Waals surface area contributed by atoms with Crippen molar-refractivity contribution in [3.8, 4) is 0 Å². The maximum atomic E-state index is 3.83. The van der Waals surface area contributed by atoms with Crippen LogP contribution in [0.15, 0.2) is 24.3 Å². The summed E-state index contributed by atoms with van der Waals surface area (Å²) < 4.78 is 0. The van der Waals surface area contributed by atoms with Crippen molar-refractivity contribution in [2.24, 2.45) is 0 Å². The second-order valence-corrected chi connectivity index (χ2v) is 3.15. The van der Waals surface area contributed by atoms with E-state index < -0.39 is 0 Å². The SMILES string of the molecule is [CH2]Cc1ccc(C(C)C)cc1. The molecule has 0 heterocycles. The van der Waals surface area contributed by atoms with Crippen molar-refractivity contribution in [3.05, 3.63) is 42.3 Å². The third-order valence-electron chi connectivity index (χ3n) is 1.94. The summed E-state index contributed by atoms with van der Waals surface area (Å²) in [6.07, 6.45) is 0.887. The summed E-state index contributed by atoms with van der Waals surface area (Å²) >= 11 is 0. The van der Waals surface area contributed by atoms with Gasteiger partial charge in [-0.3, -0.25) is 0 Å². The molecule has 0 aromatic heterocycles. The largest absolute Gasteiger partial charge is 0.0588 e. The zero-order valence-electron chi connectivity index (χ0n) is 7.30. The van der Waals surface area contributed by atoms with Gasteiger partial charge in [-0.15, -0.1) is 0 Å². The maximum Gasteiger partial charge on any atom is -0.0219 e. The van der Waals surface area contributed by atoms with Crippen molar-refractivity contribution in [1.29, 1.82) is 0 Å². The van der Waals surface area contributed by atoms with Crippen LogP contribution >= 0.6 is 0 Å². The van der Waals surface area contributed by atoms with Gasteiger partial charge in [-0.1, -0.05) is 38.1 Å². The topological polar surface area (TPSA) is 0 Å². The predicted octanol–water partition coefficient (Wildman–Crippen LogP) is 3.19. The molecule has 1 aromatic rings. The average Bonchev–Trinajstić information content (AvgIpc) is 2.05. The fourth-order valence-electron chi connectivity index (χ4n) is 1.07. The quantitative estimate of drug-likeness (QED) is 0.602. The van der Waals surface area contributed by atoms with Crippen molar-refractivity contribution < 1.29 is 0 Å². The highest BCUT2D eigenvalue weighted by atomic mass is 14.0. The Morgan fingerprint density at radius 1 is 1.18 bits per heavy atom. The van der Waals surface area contributed by atoms with E-state index in [1.165, 1.54) is 11.1 Å². The Bertz CT molecular complexity index is 206. The molecule has 0 spiro atoms. The number of hydrogen-bond donors (Lipinski definition) is 0. The molecular weight excluding hydrogens is 132 g/mol. The van der Waals surface area contributed by atoms with Gasteiger partial charge in [0.2, 0.25) is 0 Å². The van der Waals surface area contributed by atoms with Gasteiger partial charge >= 0.3 is 0 Å². The van der Waals surface area contributed by atoms with Gasteiger partial charge in [-0.25, -0.2) is 0 Å². The number of hydrogen-bond acceptors (Lipinski definition) is 0. The molecule has 11 heavy (non-hydrogen) atoms. The van der Waals surface area contributed by atoms with Crippen LogP contribution < -0.4 is 0 Å². The summed E-state index contributed by atoms with van der Waals surface area (Å²) in [6.45, 7) is 8.25. The molecule has 0 aliphatic carbocycles. The Balaban J connectivity index is 2.83. The van der Waals surface area contributed by atoms with E-state index in [0.717, 1.165) is 6.42 Å². The molecule has 1 radical (unpaired) electrons. The molecule has 0 bridgehead atoms. The van der Waals surface area contributed by atoms with Crippen molar-refractivity contribution in [2.45, 2.75) is 26.2 Å². The minimum atomic E-state index is 0.633. The van der Waals surface area contributed by atoms with Crippen LogP contribution in [0.4, 0.5) is 0 Å². The molecule has 0 saturated carbocycles. The van der Waals surface area contributed by atoms with Gasteiger partial charge < -0.3 is 0 Å². The van der Waals surface area contributed by atoms with Crippen LogP contribution in [0.1, 0.15) is 30.9 Å². The summed E-state index contributed by atoms with van der Waals surface area (Å²) in [7, 11) is 0. The van der Waals surface area contributed by atoms with Crippen molar-refractivity contribution in [3.63, 3.8) is 0 Å². The third kappa shape index (κ3) is 2.07. The van der Waals surface area contributed by atoms with Crippen LogP contribution in [-0.4, -0.2) is 0 Å². The van der Waals surface area contributed by atoms with Gasteiger partial charge in [0.25, 0.3) is 0 Å². The maximum absolute atomic E-state index is 3.83. The highest BCUT2D eigenvalue weighted by Crippen LogP contribution is 2.14. The average molecular weight is 147 g/mol. The molecule has 0 aliphatic rings. The first-order chi connectivity index (χ1) is 5.24. The van der Waals surface area contributed by atoms with Crippen LogP contribution in [0, 0.1) is 6.92 Å². The minimum Gasteiger partial charge on any atom is -0.0588 e. The molecule has 0 amide bonds. The van der Waals surface area contributed by atoms with Crippen LogP contribution in [-0.2, 0) is 6.42 Å². The summed E-state index contributed by atoms with van der Waals surface area (Å²) in [6, 6.07) is 8.68. The Kier molecular flexibility index (Phi) is 2.70. The zero-order chi connectivity index (χ0) is 8.27. The Labute approximate surface area is 69.3 Å². The van der Waals surface area contributed by atoms with Crippen molar-refractivity contribution in [2.75, 3.05) is 0 Å². The molecular formula is C11H15. The summed E-state index contributed by atoms with van der Waals surface area (Å²) in [5, 5.41) is 0. The molecule has 0 heteroatoms. The van der Waals surface area contributed by atoms with Gasteiger partial charge in [-0.05, 0) is 30.4 Å². The van der Waals surface area contributed by atoms with E-state index in [1.54, 1.807) is 0 Å². The lowest BCUT2D eigenvalue weighted by Gasteiger charge is -2.04. The van der Waals surface area contributed by atoms with E-state index in [4.69, 9.17) is 0 Å². The number of benzene rings is 1. The van der Waals surface area contributed by atoms with Crippen LogP contribution in [0.5, 0.6) is 0 Å². The molecule has 0 N–H and O–H groups in total. The molecule has 0 aliphatic heterocycles. The van der Waals surface area contributed by atoms with E-state index in [-0.39, 0.29) is 0 Å². The molecule has 0 unspecified atom stereocenters. The van der Waals surface area contributed by atoms with Gasteiger partial charge in [0.05, 0.1) is 0 Å². The van der Waals surface area contributed by atoms with Crippen molar-refractivity contribution >= 4 is 0 Å². The summed E-state index contributed by atoms with van der Waals surface area (Å²) in [4.78, 5) is 0. The third-order valence-corrected chi connectivity index (χ3v) is 1.94. The van der Waals surface area contributed by atoms with E-state index in [2.05, 4.69) is 45.0 Å². The van der Waals surface area contributed by atoms with E-state index in [1.807, 2.05) is 0 Å². The Morgan fingerprint density at radius 2 is 1.73 bits per heavy atom. The molecule has 0 nitrogen and oxygen atoms in total. The monoisotopic (exact) mass is 147 g/mol. The second kappa shape index (κ2) is 3.56. The smallest absolute Gasteiger partial charge is 0.0219 e. The molecule has 1 rings (SSSR count). The first-order valence-electron chi connectivity index (χ1n) is 4.12. The highest BCUT2D eigenvalue weighted by Gasteiger charge is 1.96. The second-order valence-electron chi connectivity index (χ2n) is 3.15. The Hall–Kier alpha value is -0.780. The lowest BCUT2D eigenvalue weighted by Crippen LogP contribution is -1.87. The molecule has 0 fully saturated rings. The van der Waals surface area contributed by atoms with Gasteiger partial charge in [0.1, 0.15) is 0 Å². The molecule has 1 aromatic carbocycles. The van der Waals surface area contributed by atoms with E-state index in [9.17, 15) is 0 Å². The van der Waals surface area contributed by atoms with E-state index in [0.29, 0.717) is 5.92 Å². The van der Waals surface area contributed by atoms with Crippen LogP contribution in [0.25, 0.3) is 0 Å². The zero-order valence-corrected chi connectivity index (χ0v) is 7.30. The first-order valence-corrected chi connectivity index (χ1v) is 4.12. The molecule has 0 atom stereocenters. The summed E-state index contributed by atoms with van der Waals surface area (Å²) in [5.74, 6) is 0.633. The summed E-state index contributed by atoms with van der Waals surface area (Å²) in [5.41, 5.74) is 2.72. The fraction of sp³-hybridized carbons (Fsp3) is 0.364. The van der Waals surface area contributed by atoms with E-state index >= 15 is 0 Å². The van der Waals surface area contributed by atoms with Crippen molar-refractivity contribution in [1.82, 2.24) is 0 Å². The van der Waals surface area contributed by atoms with Crippen LogP contribution in [0.3, 0.4) is 0 Å². The van der Waals surface area contributed by atoms with Gasteiger partial charge in [0, 0.05) is 0 Å². The molecule has 0 saturated heterocycles. The van der Waals surface area contributed by atoms with Gasteiger partial charge in [0.15, 0.2) is 0 Å². The predicted molar refractivity (Wildman–Crippen MR) is 49.6 cm³/mol. The highest BCUT2D eigenvalue weighted by molar-refractivity contribution is 5.24. The fourth-order valence-corrected chi connectivity index (χ4v) is 1.07. The normalized spacial score (nSPS) is 10.5. The molecule has 59 valence electrons.